The van der Waals surface area contributed by atoms with E-state index in [-0.39, 0.29) is 0 Å². The molecule has 0 saturated carbocycles. The van der Waals surface area contributed by atoms with Gasteiger partial charge in [-0.1, -0.05) is 40.5 Å². The summed E-state index contributed by atoms with van der Waals surface area (Å²) in [5, 5.41) is 5.47. The van der Waals surface area contributed by atoms with Crippen molar-refractivity contribution in [3.8, 4) is 11.1 Å². The quantitative estimate of drug-likeness (QED) is 0.326. The molecule has 0 amide bonds. The molecular weight excluding hydrogens is 511 g/mol. The molecule has 0 spiro atoms. The zero-order valence-electron chi connectivity index (χ0n) is 19.8. The van der Waals surface area contributed by atoms with Crippen LogP contribution in [0.4, 0.5) is 0 Å². The second-order valence-electron chi connectivity index (χ2n) is 8.70. The molecular formula is C26H22Cl2N8O. The van der Waals surface area contributed by atoms with Crippen molar-refractivity contribution < 1.29 is 4.52 Å². The lowest BCUT2D eigenvalue weighted by molar-refractivity contribution is 0.387. The fraction of sp³-hybridized carbons (Fsp3) is 0.231. The summed E-state index contributed by atoms with van der Waals surface area (Å²) in [4.78, 5) is 26.6. The van der Waals surface area contributed by atoms with Crippen LogP contribution in [0.25, 0.3) is 11.1 Å². The first kappa shape index (κ1) is 23.6. The van der Waals surface area contributed by atoms with Crippen LogP contribution in [0.3, 0.4) is 0 Å². The van der Waals surface area contributed by atoms with Crippen molar-refractivity contribution in [1.82, 2.24) is 29.9 Å². The van der Waals surface area contributed by atoms with Crippen molar-refractivity contribution in [2.24, 2.45) is 9.98 Å². The average molecular weight is 533 g/mol. The monoisotopic (exact) mass is 532 g/mol. The molecule has 6 rings (SSSR count). The van der Waals surface area contributed by atoms with Gasteiger partial charge in [0.05, 0.1) is 18.7 Å². The lowest BCUT2D eigenvalue weighted by Crippen LogP contribution is -2.29. The van der Waals surface area contributed by atoms with Crippen molar-refractivity contribution in [3.63, 3.8) is 0 Å². The van der Waals surface area contributed by atoms with Crippen LogP contribution in [0.1, 0.15) is 22.6 Å². The van der Waals surface area contributed by atoms with E-state index in [1.807, 2.05) is 24.3 Å². The molecule has 6 heterocycles. The molecule has 0 fully saturated rings. The molecule has 0 unspecified atom stereocenters. The van der Waals surface area contributed by atoms with Gasteiger partial charge in [-0.3, -0.25) is 15.0 Å². The minimum Gasteiger partial charge on any atom is -0.352 e. The number of nitrogens with zero attached hydrogens (tertiary/aromatic N) is 8. The summed E-state index contributed by atoms with van der Waals surface area (Å²) in [6.45, 7) is 4.14. The number of hydrogen-bond donors (Lipinski definition) is 0. The Morgan fingerprint density at radius 1 is 0.757 bits per heavy atom. The number of halogens is 2. The number of pyridine rings is 3. The SMILES string of the molecule is Clc1ccc(CN2CCN=C2c2noc(C3=NCCN3Cc3ccc(Cl)nc3)c2-c2ccncc2)cn1. The lowest BCUT2D eigenvalue weighted by Gasteiger charge is -2.21. The Balaban J connectivity index is 1.35. The van der Waals surface area contributed by atoms with Gasteiger partial charge in [0.15, 0.2) is 17.4 Å². The van der Waals surface area contributed by atoms with E-state index in [1.165, 1.54) is 0 Å². The maximum atomic E-state index is 6.03. The van der Waals surface area contributed by atoms with E-state index in [1.54, 1.807) is 36.9 Å². The number of rotatable bonds is 7. The molecule has 4 aromatic rings. The summed E-state index contributed by atoms with van der Waals surface area (Å²) in [6.07, 6.45) is 7.09. The first-order valence-corrected chi connectivity index (χ1v) is 12.6. The van der Waals surface area contributed by atoms with Crippen LogP contribution < -0.4 is 0 Å². The van der Waals surface area contributed by atoms with Crippen molar-refractivity contribution in [2.75, 3.05) is 26.2 Å². The molecule has 0 atom stereocenters. The molecule has 37 heavy (non-hydrogen) atoms. The molecule has 0 aromatic carbocycles. The maximum absolute atomic E-state index is 6.03. The Bertz CT molecular complexity index is 1360. The minimum absolute atomic E-state index is 0.468. The topological polar surface area (TPSA) is 95.9 Å². The molecule has 9 nitrogen and oxygen atoms in total. The van der Waals surface area contributed by atoms with E-state index in [2.05, 4.69) is 29.9 Å². The van der Waals surface area contributed by atoms with Crippen molar-refractivity contribution in [1.29, 1.82) is 0 Å². The Morgan fingerprint density at radius 3 is 1.95 bits per heavy atom. The summed E-state index contributed by atoms with van der Waals surface area (Å²) >= 11 is 12.0. The first-order valence-electron chi connectivity index (χ1n) is 11.9. The molecule has 0 aliphatic carbocycles. The third-order valence-corrected chi connectivity index (χ3v) is 6.71. The molecule has 0 radical (unpaired) electrons. The summed E-state index contributed by atoms with van der Waals surface area (Å²) in [7, 11) is 0. The largest absolute Gasteiger partial charge is 0.352 e. The normalized spacial score (nSPS) is 15.3. The highest BCUT2D eigenvalue weighted by atomic mass is 35.5. The van der Waals surface area contributed by atoms with Crippen LogP contribution in [0.15, 0.2) is 75.7 Å². The van der Waals surface area contributed by atoms with Gasteiger partial charge in [-0.2, -0.15) is 0 Å². The van der Waals surface area contributed by atoms with Crippen molar-refractivity contribution >= 4 is 34.9 Å². The molecule has 2 aliphatic heterocycles. The second-order valence-corrected chi connectivity index (χ2v) is 9.48. The van der Waals surface area contributed by atoms with Gasteiger partial charge >= 0.3 is 0 Å². The molecule has 4 aromatic heterocycles. The summed E-state index contributed by atoms with van der Waals surface area (Å²) in [5.74, 6) is 2.15. The van der Waals surface area contributed by atoms with Gasteiger partial charge in [0.2, 0.25) is 5.76 Å². The van der Waals surface area contributed by atoms with Gasteiger partial charge in [-0.05, 0) is 41.0 Å². The summed E-state index contributed by atoms with van der Waals surface area (Å²) in [5.41, 5.74) is 4.54. The average Bonchev–Trinajstić information content (AvgIpc) is 3.67. The van der Waals surface area contributed by atoms with E-state index < -0.39 is 0 Å². The van der Waals surface area contributed by atoms with Gasteiger partial charge in [0.1, 0.15) is 10.3 Å². The predicted molar refractivity (Wildman–Crippen MR) is 142 cm³/mol. The highest BCUT2D eigenvalue weighted by molar-refractivity contribution is 6.29. The minimum atomic E-state index is 0.468. The molecule has 0 saturated heterocycles. The molecule has 0 N–H and O–H groups in total. The molecule has 2 aliphatic rings. The number of hydrogen-bond acceptors (Lipinski definition) is 9. The Morgan fingerprint density at radius 2 is 1.35 bits per heavy atom. The van der Waals surface area contributed by atoms with E-state index in [9.17, 15) is 0 Å². The van der Waals surface area contributed by atoms with E-state index in [0.29, 0.717) is 47.9 Å². The Kier molecular flexibility index (Phi) is 6.55. The number of amidine groups is 2. The van der Waals surface area contributed by atoms with E-state index in [0.717, 1.165) is 47.0 Å². The van der Waals surface area contributed by atoms with Crippen LogP contribution in [-0.4, -0.2) is 67.8 Å². The second kappa shape index (κ2) is 10.3. The highest BCUT2D eigenvalue weighted by Gasteiger charge is 2.33. The number of aliphatic imine (C=N–C) groups is 2. The summed E-state index contributed by atoms with van der Waals surface area (Å²) < 4.78 is 6.03. The third-order valence-electron chi connectivity index (χ3n) is 6.26. The number of aromatic nitrogens is 4. The predicted octanol–water partition coefficient (Wildman–Crippen LogP) is 4.36. The Labute approximate surface area is 223 Å². The van der Waals surface area contributed by atoms with Crippen molar-refractivity contribution in [3.05, 3.63) is 94.1 Å². The van der Waals surface area contributed by atoms with Gasteiger partial charge in [0, 0.05) is 51.0 Å². The van der Waals surface area contributed by atoms with Gasteiger partial charge in [-0.15, -0.1) is 0 Å². The van der Waals surface area contributed by atoms with Crippen molar-refractivity contribution in [2.45, 2.75) is 13.1 Å². The molecule has 186 valence electrons. The van der Waals surface area contributed by atoms with Gasteiger partial charge in [-0.25, -0.2) is 9.97 Å². The maximum Gasteiger partial charge on any atom is 0.210 e. The van der Waals surface area contributed by atoms with E-state index >= 15 is 0 Å². The molecule has 11 heteroatoms. The summed E-state index contributed by atoms with van der Waals surface area (Å²) in [6, 6.07) is 11.4. The van der Waals surface area contributed by atoms with Gasteiger partial charge < -0.3 is 14.3 Å². The van der Waals surface area contributed by atoms with Crippen LogP contribution in [0, 0.1) is 0 Å². The fourth-order valence-corrected chi connectivity index (χ4v) is 4.76. The fourth-order valence-electron chi connectivity index (χ4n) is 4.54. The molecule has 0 bridgehead atoms. The first-order chi connectivity index (χ1) is 18.2. The lowest BCUT2D eigenvalue weighted by atomic mass is 10.0. The zero-order chi connectivity index (χ0) is 25.2. The van der Waals surface area contributed by atoms with E-state index in [4.69, 9.17) is 37.7 Å². The van der Waals surface area contributed by atoms with Crippen LogP contribution in [0.2, 0.25) is 10.3 Å². The Hall–Kier alpha value is -3.82. The van der Waals surface area contributed by atoms with Crippen LogP contribution in [0.5, 0.6) is 0 Å². The smallest absolute Gasteiger partial charge is 0.210 e. The third kappa shape index (κ3) is 4.92. The van der Waals surface area contributed by atoms with Crippen LogP contribution in [-0.2, 0) is 13.1 Å². The highest BCUT2D eigenvalue weighted by Crippen LogP contribution is 2.32. The zero-order valence-corrected chi connectivity index (χ0v) is 21.3. The van der Waals surface area contributed by atoms with Gasteiger partial charge in [0.25, 0.3) is 0 Å². The van der Waals surface area contributed by atoms with Crippen LogP contribution >= 0.6 is 23.2 Å². The standard InChI is InChI=1S/C26H22Cl2N8O/c27-20-3-1-17(13-32-20)15-35-11-9-30-25(35)23-22(19-5-7-29-8-6-19)24(37-34-23)26-31-10-12-36(26)16-18-2-4-21(28)33-14-18/h1-8,13-14H,9-12,15-16H2.